The number of carbonyl (C=O) groups is 2. The Balaban J connectivity index is 1.83. The third kappa shape index (κ3) is 3.16. The van der Waals surface area contributed by atoms with Gasteiger partial charge in [0.1, 0.15) is 11.9 Å². The highest BCUT2D eigenvalue weighted by atomic mass is 16.5. The molecule has 5 heteroatoms. The molecule has 0 amide bonds. The van der Waals surface area contributed by atoms with E-state index in [0.29, 0.717) is 18.3 Å². The van der Waals surface area contributed by atoms with Crippen LogP contribution in [0.4, 0.5) is 0 Å². The van der Waals surface area contributed by atoms with Crippen LogP contribution in [0.2, 0.25) is 0 Å². The summed E-state index contributed by atoms with van der Waals surface area (Å²) in [5, 5.41) is 22.6. The molecule has 0 saturated heterocycles. The van der Waals surface area contributed by atoms with Crippen LogP contribution in [0.15, 0.2) is 0 Å². The van der Waals surface area contributed by atoms with E-state index in [4.69, 9.17) is 4.74 Å². The third-order valence-electron chi connectivity index (χ3n) is 11.2. The van der Waals surface area contributed by atoms with Gasteiger partial charge >= 0.3 is 5.97 Å². The maximum atomic E-state index is 12.4. The number of rotatable bonds is 2. The first-order valence-electron chi connectivity index (χ1n) is 12.7. The zero-order valence-electron chi connectivity index (χ0n) is 21.1. The summed E-state index contributed by atoms with van der Waals surface area (Å²) in [4.78, 5) is 24.6. The molecule has 5 nitrogen and oxygen atoms in total. The van der Waals surface area contributed by atoms with Crippen molar-refractivity contribution in [3.63, 3.8) is 0 Å². The molecule has 4 saturated carbocycles. The Morgan fingerprint density at radius 1 is 0.844 bits per heavy atom. The highest BCUT2D eigenvalue weighted by Crippen LogP contribution is 2.73. The van der Waals surface area contributed by atoms with E-state index in [1.165, 1.54) is 33.1 Å². The van der Waals surface area contributed by atoms with Crippen LogP contribution in [0, 0.1) is 45.3 Å². The average Bonchev–Trinajstić information content (AvgIpc) is 2.64. The number of hydrogen-bond acceptors (Lipinski definition) is 5. The molecule has 0 aromatic carbocycles. The molecule has 4 fully saturated rings. The van der Waals surface area contributed by atoms with Crippen LogP contribution in [0.25, 0.3) is 0 Å². The molecule has 32 heavy (non-hydrogen) atoms. The van der Waals surface area contributed by atoms with Crippen molar-refractivity contribution in [2.24, 2.45) is 45.3 Å². The number of aliphatic hydroxyl groups excluding tert-OH is 2. The molecular formula is C27H44O5. The summed E-state index contributed by atoms with van der Waals surface area (Å²) in [5.74, 6) is -0.394. The minimum atomic E-state index is -1.02. The minimum Gasteiger partial charge on any atom is -0.462 e. The Bertz CT molecular complexity index is 791. The molecule has 0 aromatic rings. The van der Waals surface area contributed by atoms with Gasteiger partial charge in [-0.1, -0.05) is 41.0 Å². The van der Waals surface area contributed by atoms with E-state index in [1.54, 1.807) is 0 Å². The van der Waals surface area contributed by atoms with E-state index in [9.17, 15) is 19.8 Å². The predicted octanol–water partition coefficient (Wildman–Crippen LogP) is 4.52. The van der Waals surface area contributed by atoms with E-state index in [-0.39, 0.29) is 33.9 Å². The predicted molar refractivity (Wildman–Crippen MR) is 123 cm³/mol. The van der Waals surface area contributed by atoms with Crippen LogP contribution >= 0.6 is 0 Å². The van der Waals surface area contributed by atoms with Gasteiger partial charge in [-0.2, -0.15) is 0 Å². The summed E-state index contributed by atoms with van der Waals surface area (Å²) in [6.45, 7) is 14.6. The fourth-order valence-electron chi connectivity index (χ4n) is 9.82. The Morgan fingerprint density at radius 2 is 1.47 bits per heavy atom. The number of ketones is 1. The van der Waals surface area contributed by atoms with Crippen molar-refractivity contribution in [2.45, 2.75) is 112 Å². The third-order valence-corrected chi connectivity index (χ3v) is 11.2. The van der Waals surface area contributed by atoms with Gasteiger partial charge in [0, 0.05) is 12.3 Å². The van der Waals surface area contributed by atoms with Crippen LogP contribution in [-0.2, 0) is 14.3 Å². The van der Waals surface area contributed by atoms with Gasteiger partial charge in [-0.15, -0.1) is 0 Å². The Morgan fingerprint density at radius 3 is 2.06 bits per heavy atom. The van der Waals surface area contributed by atoms with Crippen LogP contribution in [0.3, 0.4) is 0 Å². The molecule has 4 rings (SSSR count). The van der Waals surface area contributed by atoms with E-state index < -0.39 is 29.6 Å². The smallest absolute Gasteiger partial charge is 0.302 e. The minimum absolute atomic E-state index is 0.0125. The molecule has 182 valence electrons. The Kier molecular flexibility index (Phi) is 5.69. The van der Waals surface area contributed by atoms with Gasteiger partial charge in [0.15, 0.2) is 0 Å². The van der Waals surface area contributed by atoms with Crippen LogP contribution in [0.1, 0.15) is 93.4 Å². The van der Waals surface area contributed by atoms with Gasteiger partial charge in [-0.25, -0.2) is 0 Å². The number of hydrogen-bond donors (Lipinski definition) is 2. The van der Waals surface area contributed by atoms with E-state index in [0.717, 1.165) is 19.3 Å². The monoisotopic (exact) mass is 448 g/mol. The zero-order chi connectivity index (χ0) is 23.9. The lowest BCUT2D eigenvalue weighted by Crippen LogP contribution is -2.71. The first kappa shape index (κ1) is 24.2. The number of ether oxygens (including phenoxy) is 1. The normalized spacial score (nSPS) is 52.2. The summed E-state index contributed by atoms with van der Waals surface area (Å²) in [5.41, 5.74) is -0.396. The molecule has 0 aliphatic heterocycles. The number of aliphatic hydroxyl groups is 2. The topological polar surface area (TPSA) is 83.8 Å². The van der Waals surface area contributed by atoms with Gasteiger partial charge in [-0.3, -0.25) is 9.59 Å². The molecule has 0 bridgehead atoms. The Labute approximate surface area is 193 Å². The average molecular weight is 449 g/mol. The summed E-state index contributed by atoms with van der Waals surface area (Å²) in [6, 6.07) is 0. The molecule has 2 N–H and O–H groups in total. The Hall–Kier alpha value is -0.940. The number of fused-ring (bicyclic) bond motifs is 5. The quantitative estimate of drug-likeness (QED) is 0.607. The fourth-order valence-corrected chi connectivity index (χ4v) is 9.82. The molecule has 0 radical (unpaired) electrons. The van der Waals surface area contributed by atoms with Crippen molar-refractivity contribution in [3.8, 4) is 0 Å². The summed E-state index contributed by atoms with van der Waals surface area (Å²) >= 11 is 0. The van der Waals surface area contributed by atoms with E-state index in [2.05, 4.69) is 27.7 Å². The van der Waals surface area contributed by atoms with Gasteiger partial charge in [0.05, 0.1) is 18.1 Å². The standard InChI is InChI=1S/C27H44O5/c1-15(28)22-17(30)13-20-26(6)12-9-18-24(3,4)10-8-11-25(18,5)19(26)14-21(32-16(2)29)27(20,7)23(22)31/h17-23,30-31H,8-14H2,1-7H3/t17-,18-,19+,20-,21-,22+,23-,25-,26+,27+/m0/s1. The molecule has 0 spiro atoms. The van der Waals surface area contributed by atoms with Crippen molar-refractivity contribution < 1.29 is 24.5 Å². The molecule has 0 heterocycles. The van der Waals surface area contributed by atoms with Crippen molar-refractivity contribution in [1.82, 2.24) is 0 Å². The van der Waals surface area contributed by atoms with Crippen molar-refractivity contribution in [3.05, 3.63) is 0 Å². The van der Waals surface area contributed by atoms with Crippen LogP contribution in [0.5, 0.6) is 0 Å². The second-order valence-corrected chi connectivity index (χ2v) is 13.1. The molecule has 4 aliphatic rings. The summed E-state index contributed by atoms with van der Waals surface area (Å²) < 4.78 is 5.98. The van der Waals surface area contributed by atoms with Crippen molar-refractivity contribution in [2.75, 3.05) is 0 Å². The van der Waals surface area contributed by atoms with Gasteiger partial charge in [0.25, 0.3) is 0 Å². The molecular weight excluding hydrogens is 404 g/mol. The number of Topliss-reactive ketones (excluding diaryl/α,β-unsaturated/α-hetero) is 1. The molecule has 10 atom stereocenters. The fraction of sp³-hybridized carbons (Fsp3) is 0.926. The van der Waals surface area contributed by atoms with E-state index >= 15 is 0 Å². The second kappa shape index (κ2) is 7.53. The largest absolute Gasteiger partial charge is 0.462 e. The van der Waals surface area contributed by atoms with Gasteiger partial charge in [-0.05, 0) is 79.4 Å². The maximum Gasteiger partial charge on any atom is 0.302 e. The lowest BCUT2D eigenvalue weighted by Gasteiger charge is -2.71. The number of esters is 1. The SMILES string of the molecule is CC(=O)O[C@H]1C[C@@H]2[C@@]3(C)CCCC(C)(C)[C@@H]3CC[C@@]2(C)[C@@H]2C[C@H](O)[C@@H](C(C)=O)[C@H](O)[C@@]12C. The van der Waals surface area contributed by atoms with Crippen molar-refractivity contribution >= 4 is 11.8 Å². The highest BCUT2D eigenvalue weighted by Gasteiger charge is 2.70. The van der Waals surface area contributed by atoms with E-state index in [1.807, 2.05) is 6.92 Å². The molecule has 4 aliphatic carbocycles. The van der Waals surface area contributed by atoms with Crippen molar-refractivity contribution in [1.29, 1.82) is 0 Å². The summed E-state index contributed by atoms with van der Waals surface area (Å²) in [6.07, 6.45) is 4.73. The lowest BCUT2D eigenvalue weighted by atomic mass is 9.34. The first-order chi connectivity index (χ1) is 14.7. The summed E-state index contributed by atoms with van der Waals surface area (Å²) in [7, 11) is 0. The number of carbonyl (C=O) groups excluding carboxylic acids is 2. The lowest BCUT2D eigenvalue weighted by molar-refractivity contribution is -0.276. The molecule has 0 aromatic heterocycles. The zero-order valence-corrected chi connectivity index (χ0v) is 21.1. The van der Waals surface area contributed by atoms with Crippen LogP contribution in [-0.4, -0.2) is 40.3 Å². The first-order valence-corrected chi connectivity index (χ1v) is 12.7. The molecule has 0 unspecified atom stereocenters. The second-order valence-electron chi connectivity index (χ2n) is 13.1. The highest BCUT2D eigenvalue weighted by molar-refractivity contribution is 5.80. The van der Waals surface area contributed by atoms with Gasteiger partial charge in [0.2, 0.25) is 0 Å². The maximum absolute atomic E-state index is 12.4. The van der Waals surface area contributed by atoms with Gasteiger partial charge < -0.3 is 14.9 Å². The van der Waals surface area contributed by atoms with Crippen LogP contribution < -0.4 is 0 Å².